The molecule has 0 bridgehead atoms. The molecule has 0 radical (unpaired) electrons. The molecule has 0 amide bonds. The van der Waals surface area contributed by atoms with Crippen LogP contribution < -0.4 is 5.32 Å². The maximum atomic E-state index is 4.68. The summed E-state index contributed by atoms with van der Waals surface area (Å²) < 4.78 is 0. The zero-order chi connectivity index (χ0) is 15.4. The average Bonchev–Trinajstić information content (AvgIpc) is 3.06. The fourth-order valence-corrected chi connectivity index (χ4v) is 3.24. The van der Waals surface area contributed by atoms with Gasteiger partial charge in [-0.2, -0.15) is 0 Å². The summed E-state index contributed by atoms with van der Waals surface area (Å²) in [6.45, 7) is 2.08. The van der Waals surface area contributed by atoms with Crippen molar-refractivity contribution in [3.8, 4) is 0 Å². The third-order valence-electron chi connectivity index (χ3n) is 4.05. The smallest absolute Gasteiger partial charge is 0.228 e. The van der Waals surface area contributed by atoms with Gasteiger partial charge in [0.1, 0.15) is 5.82 Å². The Labute approximate surface area is 136 Å². The second-order valence-electron chi connectivity index (χ2n) is 5.49. The van der Waals surface area contributed by atoms with Crippen molar-refractivity contribution in [2.45, 2.75) is 37.5 Å². The lowest BCUT2D eigenvalue weighted by Crippen LogP contribution is -2.06. The Hall–Kier alpha value is -1.88. The molecule has 2 aromatic rings. The van der Waals surface area contributed by atoms with Crippen LogP contribution in [0.15, 0.2) is 41.6 Å². The molecule has 0 saturated heterocycles. The van der Waals surface area contributed by atoms with E-state index in [2.05, 4.69) is 45.9 Å². The van der Waals surface area contributed by atoms with E-state index in [9.17, 15) is 0 Å². The summed E-state index contributed by atoms with van der Waals surface area (Å²) in [5.74, 6) is 1.89. The Kier molecular flexibility index (Phi) is 4.73. The van der Waals surface area contributed by atoms with Gasteiger partial charge < -0.3 is 5.32 Å². The first-order valence-corrected chi connectivity index (χ1v) is 8.13. The summed E-state index contributed by atoms with van der Waals surface area (Å²) in [6.07, 6.45) is 10.7. The van der Waals surface area contributed by atoms with Gasteiger partial charge in [-0.25, -0.2) is 15.0 Å². The quantitative estimate of drug-likeness (QED) is 0.816. The summed E-state index contributed by atoms with van der Waals surface area (Å²) in [4.78, 5) is 14.1. The van der Waals surface area contributed by atoms with E-state index in [1.165, 1.54) is 31.3 Å². The van der Waals surface area contributed by atoms with Gasteiger partial charge in [0.05, 0.1) is 5.69 Å². The van der Waals surface area contributed by atoms with E-state index in [0.29, 0.717) is 11.9 Å². The van der Waals surface area contributed by atoms with Crippen LogP contribution in [0, 0.1) is 5.92 Å². The summed E-state index contributed by atoms with van der Waals surface area (Å²) in [6, 6.07) is 5.70. The van der Waals surface area contributed by atoms with Crippen LogP contribution in [0.3, 0.4) is 0 Å². The lowest BCUT2D eigenvalue weighted by molar-refractivity contribution is 0.699. The van der Waals surface area contributed by atoms with Crippen molar-refractivity contribution in [3.63, 3.8) is 0 Å². The third-order valence-corrected chi connectivity index (χ3v) is 4.38. The largest absolute Gasteiger partial charge is 0.309 e. The van der Waals surface area contributed by atoms with Crippen LogP contribution in [0.5, 0.6) is 0 Å². The highest BCUT2D eigenvalue weighted by molar-refractivity contribution is 7.80. The van der Waals surface area contributed by atoms with Gasteiger partial charge in [0, 0.05) is 17.3 Å². The van der Waals surface area contributed by atoms with Gasteiger partial charge in [-0.15, -0.1) is 12.6 Å². The van der Waals surface area contributed by atoms with Gasteiger partial charge in [0.2, 0.25) is 5.95 Å². The van der Waals surface area contributed by atoms with E-state index in [1.807, 2.05) is 18.2 Å². The second kappa shape index (κ2) is 6.92. The molecule has 0 unspecified atom stereocenters. The zero-order valence-corrected chi connectivity index (χ0v) is 13.6. The summed E-state index contributed by atoms with van der Waals surface area (Å²) in [5.41, 5.74) is 2.22. The predicted molar refractivity (Wildman–Crippen MR) is 92.4 cm³/mol. The molecule has 0 aliphatic heterocycles. The minimum absolute atomic E-state index is 0.559. The van der Waals surface area contributed by atoms with Crippen LogP contribution in [0.1, 0.15) is 38.3 Å². The lowest BCUT2D eigenvalue weighted by atomic mass is 9.94. The van der Waals surface area contributed by atoms with Crippen molar-refractivity contribution in [2.24, 2.45) is 5.92 Å². The number of rotatable bonds is 4. The second-order valence-corrected chi connectivity index (χ2v) is 5.97. The van der Waals surface area contributed by atoms with Crippen LogP contribution in [0.25, 0.3) is 5.57 Å². The van der Waals surface area contributed by atoms with Crippen LogP contribution in [-0.4, -0.2) is 15.0 Å². The van der Waals surface area contributed by atoms with Gasteiger partial charge in [0.25, 0.3) is 0 Å². The number of hydrogen-bond donors (Lipinski definition) is 2. The molecule has 22 heavy (non-hydrogen) atoms. The molecule has 5 heteroatoms. The van der Waals surface area contributed by atoms with Crippen molar-refractivity contribution in [1.82, 2.24) is 15.0 Å². The summed E-state index contributed by atoms with van der Waals surface area (Å²) >= 11 is 4.55. The zero-order valence-electron chi connectivity index (χ0n) is 12.7. The Balaban J connectivity index is 1.89. The van der Waals surface area contributed by atoms with E-state index in [4.69, 9.17) is 0 Å². The van der Waals surface area contributed by atoms with Crippen LogP contribution in [0.2, 0.25) is 0 Å². The van der Waals surface area contributed by atoms with E-state index in [-0.39, 0.29) is 0 Å². The first-order valence-electron chi connectivity index (χ1n) is 7.68. The maximum Gasteiger partial charge on any atom is 0.228 e. The monoisotopic (exact) mass is 312 g/mol. The molecule has 4 nitrogen and oxygen atoms in total. The minimum atomic E-state index is 0.559. The standard InChI is InChI=1S/C17H20N4S/c1-2-13(12-7-3-4-8-12)16-14(22)11-19-17(21-16)20-15-9-5-6-10-18-15/h2,5-6,9-12,22H,3-4,7-8H2,1H3,(H,18,19,20,21)/b13-2+. The average molecular weight is 312 g/mol. The number of allylic oxidation sites excluding steroid dienone is 2. The van der Waals surface area contributed by atoms with Crippen LogP contribution >= 0.6 is 12.6 Å². The topological polar surface area (TPSA) is 50.7 Å². The van der Waals surface area contributed by atoms with Crippen molar-refractivity contribution in [2.75, 3.05) is 5.32 Å². The highest BCUT2D eigenvalue weighted by atomic mass is 32.1. The van der Waals surface area contributed by atoms with E-state index < -0.39 is 0 Å². The molecule has 0 aromatic carbocycles. The first kappa shape index (κ1) is 15.0. The molecule has 1 saturated carbocycles. The Morgan fingerprint density at radius 2 is 2.09 bits per heavy atom. The number of anilines is 2. The van der Waals surface area contributed by atoms with E-state index in [1.54, 1.807) is 12.4 Å². The molecule has 2 heterocycles. The molecule has 1 aliphatic rings. The van der Waals surface area contributed by atoms with Crippen molar-refractivity contribution >= 4 is 30.0 Å². The van der Waals surface area contributed by atoms with Gasteiger partial charge >= 0.3 is 0 Å². The number of thiol groups is 1. The highest BCUT2D eigenvalue weighted by Gasteiger charge is 2.22. The van der Waals surface area contributed by atoms with E-state index in [0.717, 1.165) is 16.4 Å². The summed E-state index contributed by atoms with van der Waals surface area (Å²) in [7, 11) is 0. The fourth-order valence-electron chi connectivity index (χ4n) is 3.00. The summed E-state index contributed by atoms with van der Waals surface area (Å²) in [5, 5.41) is 3.15. The first-order chi connectivity index (χ1) is 10.8. The molecule has 114 valence electrons. The normalized spacial score (nSPS) is 16.0. The number of pyridine rings is 1. The number of nitrogens with zero attached hydrogens (tertiary/aromatic N) is 3. The number of aromatic nitrogens is 3. The van der Waals surface area contributed by atoms with Crippen LogP contribution in [-0.2, 0) is 0 Å². The highest BCUT2D eigenvalue weighted by Crippen LogP contribution is 2.37. The maximum absolute atomic E-state index is 4.68. The molecule has 3 rings (SSSR count). The van der Waals surface area contributed by atoms with Gasteiger partial charge in [0.15, 0.2) is 0 Å². The molecule has 1 aliphatic carbocycles. The molecule has 1 fully saturated rings. The van der Waals surface area contributed by atoms with Crippen molar-refractivity contribution in [3.05, 3.63) is 42.4 Å². The molecule has 1 N–H and O–H groups in total. The predicted octanol–water partition coefficient (Wildman–Crippen LogP) is 4.50. The van der Waals surface area contributed by atoms with Gasteiger partial charge in [-0.1, -0.05) is 25.0 Å². The Morgan fingerprint density at radius 1 is 1.27 bits per heavy atom. The van der Waals surface area contributed by atoms with Crippen molar-refractivity contribution < 1.29 is 0 Å². The molecular formula is C17H20N4S. The molecule has 0 spiro atoms. The minimum Gasteiger partial charge on any atom is -0.309 e. The Morgan fingerprint density at radius 3 is 2.77 bits per heavy atom. The van der Waals surface area contributed by atoms with Crippen molar-refractivity contribution in [1.29, 1.82) is 0 Å². The lowest BCUT2D eigenvalue weighted by Gasteiger charge is -2.16. The number of hydrogen-bond acceptors (Lipinski definition) is 5. The number of nitrogens with one attached hydrogen (secondary N) is 1. The van der Waals surface area contributed by atoms with E-state index >= 15 is 0 Å². The third kappa shape index (κ3) is 3.30. The molecular weight excluding hydrogens is 292 g/mol. The van der Waals surface area contributed by atoms with Gasteiger partial charge in [-0.05, 0) is 43.4 Å². The fraction of sp³-hybridized carbons (Fsp3) is 0.353. The Bertz CT molecular complexity index is 664. The SMILES string of the molecule is C/C=C(/c1nc(Nc2ccccn2)ncc1S)C1CCCC1. The van der Waals surface area contributed by atoms with Crippen LogP contribution in [0.4, 0.5) is 11.8 Å². The van der Waals surface area contributed by atoms with Gasteiger partial charge in [-0.3, -0.25) is 0 Å². The molecule has 2 aromatic heterocycles. The molecule has 0 atom stereocenters.